The summed E-state index contributed by atoms with van der Waals surface area (Å²) >= 11 is 0. The number of para-hydroxylation sites is 1. The minimum absolute atomic E-state index is 0.0207. The Morgan fingerprint density at radius 1 is 1.11 bits per heavy atom. The van der Waals surface area contributed by atoms with Crippen LogP contribution in [0.3, 0.4) is 0 Å². The molecule has 4 heteroatoms. The lowest BCUT2D eigenvalue weighted by Gasteiger charge is -2.29. The Balaban J connectivity index is 1.56. The highest BCUT2D eigenvalue weighted by Crippen LogP contribution is 2.40. The molecule has 144 valence electrons. The summed E-state index contributed by atoms with van der Waals surface area (Å²) in [7, 11) is 0. The van der Waals surface area contributed by atoms with Crippen LogP contribution >= 0.6 is 0 Å². The number of hydrogen-bond acceptors (Lipinski definition) is 3. The first-order valence-corrected chi connectivity index (χ1v) is 10.0. The molecule has 1 aliphatic rings. The van der Waals surface area contributed by atoms with Gasteiger partial charge in [0.25, 0.3) is 0 Å². The van der Waals surface area contributed by atoms with Crippen molar-refractivity contribution in [3.63, 3.8) is 0 Å². The maximum Gasteiger partial charge on any atom is 0.224 e. The SMILES string of the molecule is CC1CCC(O)c2c1nc1ccccc1c2CCNC(=O)Cc1ccccc1. The lowest BCUT2D eigenvalue weighted by molar-refractivity contribution is -0.120. The van der Waals surface area contributed by atoms with Crippen molar-refractivity contribution < 1.29 is 9.90 Å². The maximum atomic E-state index is 12.3. The normalized spacial score (nSPS) is 18.6. The van der Waals surface area contributed by atoms with Crippen LogP contribution in [0, 0.1) is 0 Å². The van der Waals surface area contributed by atoms with Crippen LogP contribution in [0.25, 0.3) is 10.9 Å². The summed E-state index contributed by atoms with van der Waals surface area (Å²) in [4.78, 5) is 17.2. The largest absolute Gasteiger partial charge is 0.388 e. The molecule has 2 atom stereocenters. The van der Waals surface area contributed by atoms with Crippen LogP contribution < -0.4 is 5.32 Å². The number of carbonyl (C=O) groups is 1. The summed E-state index contributed by atoms with van der Waals surface area (Å²) in [6, 6.07) is 17.9. The third kappa shape index (κ3) is 3.78. The van der Waals surface area contributed by atoms with Crippen molar-refractivity contribution in [1.29, 1.82) is 0 Å². The molecule has 0 radical (unpaired) electrons. The molecule has 1 heterocycles. The van der Waals surface area contributed by atoms with Gasteiger partial charge >= 0.3 is 0 Å². The van der Waals surface area contributed by atoms with E-state index in [1.54, 1.807) is 0 Å². The van der Waals surface area contributed by atoms with Crippen LogP contribution in [0.1, 0.15) is 54.2 Å². The summed E-state index contributed by atoms with van der Waals surface area (Å²) in [6.45, 7) is 2.73. The Kier molecular flexibility index (Phi) is 5.40. The van der Waals surface area contributed by atoms with E-state index in [-0.39, 0.29) is 5.91 Å². The molecule has 4 rings (SSSR count). The van der Waals surface area contributed by atoms with Gasteiger partial charge in [-0.15, -0.1) is 0 Å². The number of aromatic nitrogens is 1. The van der Waals surface area contributed by atoms with Crippen molar-refractivity contribution in [3.05, 3.63) is 77.0 Å². The molecule has 0 aliphatic heterocycles. The summed E-state index contributed by atoms with van der Waals surface area (Å²) in [5.41, 5.74) is 5.10. The fraction of sp³-hybridized carbons (Fsp3) is 0.333. The Morgan fingerprint density at radius 3 is 2.68 bits per heavy atom. The lowest BCUT2D eigenvalue weighted by atomic mass is 9.81. The van der Waals surface area contributed by atoms with Crippen LogP contribution in [0.4, 0.5) is 0 Å². The second-order valence-electron chi connectivity index (χ2n) is 7.66. The molecule has 0 bridgehead atoms. The van der Waals surface area contributed by atoms with Crippen LogP contribution in [0.15, 0.2) is 54.6 Å². The smallest absolute Gasteiger partial charge is 0.224 e. The van der Waals surface area contributed by atoms with Crippen LogP contribution in [0.2, 0.25) is 0 Å². The molecule has 0 saturated carbocycles. The average Bonchev–Trinajstić information content (AvgIpc) is 2.71. The van der Waals surface area contributed by atoms with Crippen molar-refractivity contribution in [2.75, 3.05) is 6.54 Å². The van der Waals surface area contributed by atoms with E-state index >= 15 is 0 Å². The highest BCUT2D eigenvalue weighted by Gasteiger charge is 2.28. The zero-order chi connectivity index (χ0) is 19.5. The number of aliphatic hydroxyl groups excluding tert-OH is 1. The third-order valence-electron chi connectivity index (χ3n) is 5.65. The number of rotatable bonds is 5. The van der Waals surface area contributed by atoms with Gasteiger partial charge in [0.05, 0.1) is 18.0 Å². The first-order valence-electron chi connectivity index (χ1n) is 10.0. The van der Waals surface area contributed by atoms with Crippen molar-refractivity contribution in [3.8, 4) is 0 Å². The Morgan fingerprint density at radius 2 is 1.86 bits per heavy atom. The number of pyridine rings is 1. The highest BCUT2D eigenvalue weighted by molar-refractivity contribution is 5.84. The second kappa shape index (κ2) is 8.11. The minimum Gasteiger partial charge on any atom is -0.388 e. The number of nitrogens with zero attached hydrogens (tertiary/aromatic N) is 1. The van der Waals surface area contributed by atoms with Gasteiger partial charge in [0, 0.05) is 23.2 Å². The minimum atomic E-state index is -0.474. The van der Waals surface area contributed by atoms with Gasteiger partial charge in [0.2, 0.25) is 5.91 Å². The van der Waals surface area contributed by atoms with Crippen molar-refractivity contribution in [2.24, 2.45) is 0 Å². The molecule has 2 N–H and O–H groups in total. The van der Waals surface area contributed by atoms with E-state index in [1.165, 1.54) is 0 Å². The van der Waals surface area contributed by atoms with E-state index in [0.29, 0.717) is 25.3 Å². The molecule has 3 aromatic rings. The van der Waals surface area contributed by atoms with E-state index in [1.807, 2.05) is 48.5 Å². The molecular formula is C24H26N2O2. The van der Waals surface area contributed by atoms with Gasteiger partial charge in [-0.1, -0.05) is 55.5 Å². The number of nitrogens with one attached hydrogen (secondary N) is 1. The predicted octanol–water partition coefficient (Wildman–Crippen LogP) is 4.07. The van der Waals surface area contributed by atoms with E-state index in [2.05, 4.69) is 18.3 Å². The molecule has 4 nitrogen and oxygen atoms in total. The van der Waals surface area contributed by atoms with Crippen LogP contribution in [-0.4, -0.2) is 22.5 Å². The molecule has 0 spiro atoms. The number of benzene rings is 2. The van der Waals surface area contributed by atoms with Gasteiger partial charge in [-0.25, -0.2) is 0 Å². The molecule has 1 aliphatic carbocycles. The standard InChI is InChI=1S/C24H26N2O2/c1-16-11-12-21(27)23-19(18-9-5-6-10-20(18)26-24(16)23)13-14-25-22(28)15-17-7-3-2-4-8-17/h2-10,16,21,27H,11-15H2,1H3,(H,25,28). The van der Waals surface area contributed by atoms with E-state index in [4.69, 9.17) is 4.98 Å². The molecule has 2 aromatic carbocycles. The Hall–Kier alpha value is -2.72. The number of hydrogen-bond donors (Lipinski definition) is 2. The van der Waals surface area contributed by atoms with Gasteiger partial charge in [0.15, 0.2) is 0 Å². The maximum absolute atomic E-state index is 12.3. The number of carbonyl (C=O) groups excluding carboxylic acids is 1. The molecule has 1 aromatic heterocycles. The summed E-state index contributed by atoms with van der Waals surface area (Å²) in [5.74, 6) is 0.363. The number of amides is 1. The van der Waals surface area contributed by atoms with Gasteiger partial charge in [-0.05, 0) is 42.4 Å². The van der Waals surface area contributed by atoms with E-state index in [9.17, 15) is 9.90 Å². The Bertz CT molecular complexity index is 985. The van der Waals surface area contributed by atoms with Crippen molar-refractivity contribution in [2.45, 2.75) is 44.6 Å². The lowest BCUT2D eigenvalue weighted by Crippen LogP contribution is -2.28. The number of aliphatic hydroxyl groups is 1. The summed E-state index contributed by atoms with van der Waals surface area (Å²) < 4.78 is 0. The molecule has 0 saturated heterocycles. The van der Waals surface area contributed by atoms with Crippen molar-refractivity contribution >= 4 is 16.8 Å². The van der Waals surface area contributed by atoms with Gasteiger partial charge < -0.3 is 10.4 Å². The van der Waals surface area contributed by atoms with E-state index < -0.39 is 6.10 Å². The first-order chi connectivity index (χ1) is 13.6. The van der Waals surface area contributed by atoms with Crippen LogP contribution in [-0.2, 0) is 17.6 Å². The average molecular weight is 374 g/mol. The topological polar surface area (TPSA) is 62.2 Å². The Labute approximate surface area is 165 Å². The fourth-order valence-electron chi connectivity index (χ4n) is 4.19. The zero-order valence-electron chi connectivity index (χ0n) is 16.2. The van der Waals surface area contributed by atoms with E-state index in [0.717, 1.165) is 46.1 Å². The third-order valence-corrected chi connectivity index (χ3v) is 5.65. The van der Waals surface area contributed by atoms with Gasteiger partial charge in [-0.3, -0.25) is 9.78 Å². The monoisotopic (exact) mass is 374 g/mol. The van der Waals surface area contributed by atoms with Gasteiger partial charge in [0.1, 0.15) is 0 Å². The quantitative estimate of drug-likeness (QED) is 0.708. The second-order valence-corrected chi connectivity index (χ2v) is 7.66. The van der Waals surface area contributed by atoms with Crippen molar-refractivity contribution in [1.82, 2.24) is 10.3 Å². The fourth-order valence-corrected chi connectivity index (χ4v) is 4.19. The number of fused-ring (bicyclic) bond motifs is 2. The first kappa shape index (κ1) is 18.6. The summed E-state index contributed by atoms with van der Waals surface area (Å²) in [5, 5.41) is 14.8. The molecule has 0 fully saturated rings. The highest BCUT2D eigenvalue weighted by atomic mass is 16.3. The molecule has 2 unspecified atom stereocenters. The van der Waals surface area contributed by atoms with Gasteiger partial charge in [-0.2, -0.15) is 0 Å². The molecule has 1 amide bonds. The summed E-state index contributed by atoms with van der Waals surface area (Å²) in [6.07, 6.45) is 2.32. The van der Waals surface area contributed by atoms with Crippen LogP contribution in [0.5, 0.6) is 0 Å². The predicted molar refractivity (Wildman–Crippen MR) is 111 cm³/mol. The molecular weight excluding hydrogens is 348 g/mol. The zero-order valence-corrected chi connectivity index (χ0v) is 16.2. The molecule has 28 heavy (non-hydrogen) atoms.